The van der Waals surface area contributed by atoms with Crippen LogP contribution in [-0.4, -0.2) is 13.1 Å². The van der Waals surface area contributed by atoms with Gasteiger partial charge in [0.1, 0.15) is 5.82 Å². The van der Waals surface area contributed by atoms with Crippen LogP contribution in [0.5, 0.6) is 0 Å². The van der Waals surface area contributed by atoms with Crippen LogP contribution < -0.4 is 10.6 Å². The molecule has 0 amide bonds. The van der Waals surface area contributed by atoms with Crippen LogP contribution >= 0.6 is 0 Å². The fraction of sp³-hybridized carbons (Fsp3) is 0.538. The summed E-state index contributed by atoms with van der Waals surface area (Å²) in [4.78, 5) is 2.26. The Balaban J connectivity index is 2.23. The molecule has 0 saturated carbocycles. The van der Waals surface area contributed by atoms with E-state index in [0.29, 0.717) is 0 Å². The van der Waals surface area contributed by atoms with Crippen molar-refractivity contribution in [1.29, 1.82) is 0 Å². The molecule has 88 valence electrons. The Morgan fingerprint density at radius 3 is 2.56 bits per heavy atom. The normalized spacial score (nSPS) is 17.8. The van der Waals surface area contributed by atoms with Gasteiger partial charge in [0.15, 0.2) is 0 Å². The maximum absolute atomic E-state index is 13.4. The third kappa shape index (κ3) is 2.13. The van der Waals surface area contributed by atoms with Crippen LogP contribution in [0.2, 0.25) is 0 Å². The van der Waals surface area contributed by atoms with Gasteiger partial charge in [-0.1, -0.05) is 6.92 Å². The van der Waals surface area contributed by atoms with Gasteiger partial charge in [0.2, 0.25) is 0 Å². The van der Waals surface area contributed by atoms with Crippen molar-refractivity contribution >= 4 is 11.4 Å². The molecule has 2 rings (SSSR count). The Morgan fingerprint density at radius 2 is 1.94 bits per heavy atom. The van der Waals surface area contributed by atoms with E-state index < -0.39 is 0 Å². The molecule has 0 spiro atoms. The van der Waals surface area contributed by atoms with E-state index in [9.17, 15) is 4.39 Å². The molecule has 1 aliphatic heterocycles. The van der Waals surface area contributed by atoms with E-state index in [0.717, 1.165) is 30.3 Å². The van der Waals surface area contributed by atoms with Gasteiger partial charge >= 0.3 is 0 Å². The highest BCUT2D eigenvalue weighted by Gasteiger charge is 2.18. The third-order valence-corrected chi connectivity index (χ3v) is 3.44. The molecule has 1 aromatic carbocycles. The highest BCUT2D eigenvalue weighted by molar-refractivity contribution is 5.60. The van der Waals surface area contributed by atoms with Crippen LogP contribution in [-0.2, 0) is 0 Å². The lowest BCUT2D eigenvalue weighted by Crippen LogP contribution is -2.33. The molecule has 0 aromatic heterocycles. The van der Waals surface area contributed by atoms with Gasteiger partial charge in [0, 0.05) is 18.8 Å². The van der Waals surface area contributed by atoms with Crippen molar-refractivity contribution in [2.45, 2.75) is 26.7 Å². The Labute approximate surface area is 96.2 Å². The van der Waals surface area contributed by atoms with E-state index in [1.54, 1.807) is 12.1 Å². The summed E-state index contributed by atoms with van der Waals surface area (Å²) in [6.07, 6.45) is 2.37. The lowest BCUT2D eigenvalue weighted by Gasteiger charge is -2.33. The summed E-state index contributed by atoms with van der Waals surface area (Å²) in [6, 6.07) is 3.29. The predicted molar refractivity (Wildman–Crippen MR) is 66.2 cm³/mol. The van der Waals surface area contributed by atoms with Gasteiger partial charge in [0.05, 0.1) is 5.69 Å². The summed E-state index contributed by atoms with van der Waals surface area (Å²) >= 11 is 0. The number of benzene rings is 1. The number of nitrogens with zero attached hydrogens (tertiary/aromatic N) is 1. The fourth-order valence-corrected chi connectivity index (χ4v) is 2.28. The Kier molecular flexibility index (Phi) is 3.03. The molecular weight excluding hydrogens is 203 g/mol. The zero-order valence-electron chi connectivity index (χ0n) is 9.96. The molecular formula is C13H19FN2. The van der Waals surface area contributed by atoms with Crippen molar-refractivity contribution in [3.63, 3.8) is 0 Å². The maximum atomic E-state index is 13.4. The minimum atomic E-state index is -0.306. The van der Waals surface area contributed by atoms with Crippen LogP contribution in [0, 0.1) is 18.7 Å². The smallest absolute Gasteiger partial charge is 0.148 e. The van der Waals surface area contributed by atoms with E-state index in [-0.39, 0.29) is 11.5 Å². The van der Waals surface area contributed by atoms with Gasteiger partial charge in [-0.2, -0.15) is 0 Å². The average molecular weight is 222 g/mol. The highest BCUT2D eigenvalue weighted by atomic mass is 19.1. The molecule has 0 unspecified atom stereocenters. The van der Waals surface area contributed by atoms with Gasteiger partial charge in [-0.3, -0.25) is 0 Å². The topological polar surface area (TPSA) is 29.3 Å². The first-order valence-electron chi connectivity index (χ1n) is 5.88. The quantitative estimate of drug-likeness (QED) is 0.740. The van der Waals surface area contributed by atoms with E-state index >= 15 is 0 Å². The Bertz CT molecular complexity index is 382. The van der Waals surface area contributed by atoms with Gasteiger partial charge in [0.25, 0.3) is 0 Å². The Morgan fingerprint density at radius 1 is 1.31 bits per heavy atom. The molecule has 16 heavy (non-hydrogen) atoms. The number of halogens is 1. The number of nitrogens with two attached hydrogens (primary N) is 1. The van der Waals surface area contributed by atoms with E-state index in [4.69, 9.17) is 5.73 Å². The predicted octanol–water partition coefficient (Wildman–Crippen LogP) is 2.95. The number of nitrogen functional groups attached to an aromatic ring is 1. The number of aryl methyl sites for hydroxylation is 1. The molecule has 0 radical (unpaired) electrons. The molecule has 3 heteroatoms. The van der Waals surface area contributed by atoms with Crippen LogP contribution in [0.25, 0.3) is 0 Å². The molecule has 1 saturated heterocycles. The second-order valence-corrected chi connectivity index (χ2v) is 4.83. The lowest BCUT2D eigenvalue weighted by molar-refractivity contribution is 0.438. The molecule has 0 aliphatic carbocycles. The first-order chi connectivity index (χ1) is 7.58. The molecule has 1 fully saturated rings. The van der Waals surface area contributed by atoms with Crippen molar-refractivity contribution in [2.24, 2.45) is 5.92 Å². The molecule has 0 bridgehead atoms. The van der Waals surface area contributed by atoms with Gasteiger partial charge in [-0.05, 0) is 43.4 Å². The standard InChI is InChI=1S/C13H19FN2/c1-9-3-5-16(6-4-9)13-8-11(14)12(15)7-10(13)2/h7-9H,3-6,15H2,1-2H3. The average Bonchev–Trinajstić information content (AvgIpc) is 2.25. The number of anilines is 2. The molecule has 1 heterocycles. The van der Waals surface area contributed by atoms with Gasteiger partial charge < -0.3 is 10.6 Å². The van der Waals surface area contributed by atoms with Crippen molar-refractivity contribution < 1.29 is 4.39 Å². The zero-order valence-corrected chi connectivity index (χ0v) is 9.96. The number of rotatable bonds is 1. The second kappa shape index (κ2) is 4.32. The van der Waals surface area contributed by atoms with Crippen molar-refractivity contribution in [3.8, 4) is 0 Å². The van der Waals surface area contributed by atoms with E-state index in [1.165, 1.54) is 12.8 Å². The summed E-state index contributed by atoms with van der Waals surface area (Å²) < 4.78 is 13.4. The Hall–Kier alpha value is -1.25. The largest absolute Gasteiger partial charge is 0.396 e. The summed E-state index contributed by atoms with van der Waals surface area (Å²) in [7, 11) is 0. The minimum Gasteiger partial charge on any atom is -0.396 e. The lowest BCUT2D eigenvalue weighted by atomic mass is 9.98. The molecule has 0 atom stereocenters. The van der Waals surface area contributed by atoms with Crippen molar-refractivity contribution in [1.82, 2.24) is 0 Å². The maximum Gasteiger partial charge on any atom is 0.148 e. The van der Waals surface area contributed by atoms with E-state index in [1.807, 2.05) is 6.92 Å². The monoisotopic (exact) mass is 222 g/mol. The zero-order chi connectivity index (χ0) is 11.7. The number of piperidine rings is 1. The fourth-order valence-electron chi connectivity index (χ4n) is 2.28. The number of hydrogen-bond acceptors (Lipinski definition) is 2. The van der Waals surface area contributed by atoms with Crippen molar-refractivity contribution in [2.75, 3.05) is 23.7 Å². The summed E-state index contributed by atoms with van der Waals surface area (Å²) in [5, 5.41) is 0. The molecule has 2 N–H and O–H groups in total. The van der Waals surface area contributed by atoms with E-state index in [2.05, 4.69) is 11.8 Å². The van der Waals surface area contributed by atoms with Gasteiger partial charge in [-0.15, -0.1) is 0 Å². The van der Waals surface area contributed by atoms with Crippen LogP contribution in [0.4, 0.5) is 15.8 Å². The first-order valence-corrected chi connectivity index (χ1v) is 5.88. The summed E-state index contributed by atoms with van der Waals surface area (Å²) in [6.45, 7) is 6.30. The van der Waals surface area contributed by atoms with Gasteiger partial charge in [-0.25, -0.2) is 4.39 Å². The van der Waals surface area contributed by atoms with Crippen LogP contribution in [0.3, 0.4) is 0 Å². The SMILES string of the molecule is Cc1cc(N)c(F)cc1N1CCC(C)CC1. The minimum absolute atomic E-state index is 0.242. The van der Waals surface area contributed by atoms with Crippen LogP contribution in [0.15, 0.2) is 12.1 Å². The summed E-state index contributed by atoms with van der Waals surface area (Å²) in [5.74, 6) is 0.481. The van der Waals surface area contributed by atoms with Crippen molar-refractivity contribution in [3.05, 3.63) is 23.5 Å². The molecule has 2 nitrogen and oxygen atoms in total. The first kappa shape index (κ1) is 11.2. The highest BCUT2D eigenvalue weighted by Crippen LogP contribution is 2.28. The summed E-state index contributed by atoms with van der Waals surface area (Å²) in [5.41, 5.74) is 7.85. The third-order valence-electron chi connectivity index (χ3n) is 3.44. The van der Waals surface area contributed by atoms with Crippen LogP contribution in [0.1, 0.15) is 25.3 Å². The number of hydrogen-bond donors (Lipinski definition) is 1. The second-order valence-electron chi connectivity index (χ2n) is 4.83. The molecule has 1 aromatic rings. The molecule has 1 aliphatic rings.